The third-order valence-electron chi connectivity index (χ3n) is 10.0. The number of hydrogen-bond donors (Lipinski definition) is 1. The number of nitrogens with zero attached hydrogens (tertiary/aromatic N) is 1. The second-order valence-corrected chi connectivity index (χ2v) is 14.1. The number of aromatic nitrogens is 1. The van der Waals surface area contributed by atoms with E-state index in [0.29, 0.717) is 0 Å². The molecular weight excluding hydrogens is 637 g/mol. The van der Waals surface area contributed by atoms with Crippen molar-refractivity contribution in [3.05, 3.63) is 188 Å². The molecule has 0 radical (unpaired) electrons. The maximum atomic E-state index is 3.75. The van der Waals surface area contributed by atoms with Gasteiger partial charge in [0.25, 0.3) is 0 Å². The van der Waals surface area contributed by atoms with E-state index in [1.54, 1.807) is 0 Å². The van der Waals surface area contributed by atoms with Gasteiger partial charge in [0.2, 0.25) is 0 Å². The topological polar surface area (TPSA) is 19.0 Å². The van der Waals surface area contributed by atoms with Crippen molar-refractivity contribution in [3.8, 4) is 33.4 Å². The fourth-order valence-electron chi connectivity index (χ4n) is 7.59. The number of fused-ring (bicyclic) bond motifs is 6. The number of rotatable bonds is 6. The number of thiophene rings is 1. The molecule has 2 aromatic heterocycles. The Morgan fingerprint density at radius 3 is 1.61 bits per heavy atom. The van der Waals surface area contributed by atoms with E-state index in [1.807, 2.05) is 11.3 Å². The van der Waals surface area contributed by atoms with Crippen LogP contribution in [0.3, 0.4) is 0 Å². The number of aromatic amines is 1. The highest BCUT2D eigenvalue weighted by Gasteiger charge is 2.18. The first kappa shape index (κ1) is 29.5. The molecule has 0 aliphatic carbocycles. The molecule has 2 heterocycles. The minimum atomic E-state index is 1.11. The second-order valence-electron chi connectivity index (χ2n) is 13.0. The third-order valence-corrected chi connectivity index (χ3v) is 11.2. The summed E-state index contributed by atoms with van der Waals surface area (Å²) in [5.74, 6) is 0. The van der Waals surface area contributed by atoms with Crippen LogP contribution < -0.4 is 4.90 Å². The molecule has 10 aromatic rings. The van der Waals surface area contributed by atoms with Crippen LogP contribution in [0.4, 0.5) is 17.1 Å². The van der Waals surface area contributed by atoms with Crippen molar-refractivity contribution in [2.24, 2.45) is 0 Å². The normalized spacial score (nSPS) is 11.5. The van der Waals surface area contributed by atoms with E-state index in [-0.39, 0.29) is 0 Å². The summed E-state index contributed by atoms with van der Waals surface area (Å²) in [5, 5.41) is 5.07. The standard InChI is InChI=1S/C48H32N2S/c1-3-11-32(12-4-1)34-21-25-36(26-22-34)50(37-27-23-35(24-28-37)33-13-5-2-6-14-33)38-29-30-45-43(31-38)47-40(16-10-20-46(47)51-45)42-18-9-17-41-39-15-7-8-19-44(39)49-48(41)42/h1-31,49H. The largest absolute Gasteiger partial charge is 0.354 e. The average molecular weight is 669 g/mol. The van der Waals surface area contributed by atoms with Crippen molar-refractivity contribution >= 4 is 70.4 Å². The van der Waals surface area contributed by atoms with Crippen LogP contribution in [-0.4, -0.2) is 4.98 Å². The molecule has 240 valence electrons. The Morgan fingerprint density at radius 1 is 0.373 bits per heavy atom. The molecule has 3 heteroatoms. The van der Waals surface area contributed by atoms with Crippen LogP contribution >= 0.6 is 11.3 Å². The molecule has 0 aliphatic heterocycles. The van der Waals surface area contributed by atoms with Gasteiger partial charge < -0.3 is 9.88 Å². The summed E-state index contributed by atoms with van der Waals surface area (Å²) in [4.78, 5) is 6.13. The predicted octanol–water partition coefficient (Wildman–Crippen LogP) is 14.2. The minimum Gasteiger partial charge on any atom is -0.354 e. The molecule has 8 aromatic carbocycles. The van der Waals surface area contributed by atoms with Crippen LogP contribution in [0.2, 0.25) is 0 Å². The van der Waals surface area contributed by atoms with Gasteiger partial charge in [0.05, 0.1) is 5.52 Å². The fourth-order valence-corrected chi connectivity index (χ4v) is 8.70. The summed E-state index contributed by atoms with van der Waals surface area (Å²) in [5.41, 5.74) is 13.0. The van der Waals surface area contributed by atoms with Gasteiger partial charge in [0.15, 0.2) is 0 Å². The molecule has 0 amide bonds. The lowest BCUT2D eigenvalue weighted by Gasteiger charge is -2.26. The van der Waals surface area contributed by atoms with Crippen LogP contribution in [0.1, 0.15) is 0 Å². The number of anilines is 3. The zero-order valence-corrected chi connectivity index (χ0v) is 28.6. The molecule has 2 nitrogen and oxygen atoms in total. The molecule has 0 saturated carbocycles. The van der Waals surface area contributed by atoms with Crippen molar-refractivity contribution in [3.63, 3.8) is 0 Å². The van der Waals surface area contributed by atoms with Gasteiger partial charge >= 0.3 is 0 Å². The van der Waals surface area contributed by atoms with Crippen molar-refractivity contribution < 1.29 is 0 Å². The molecule has 0 spiro atoms. The molecule has 10 rings (SSSR count). The number of benzene rings is 8. The van der Waals surface area contributed by atoms with Gasteiger partial charge in [-0.25, -0.2) is 0 Å². The van der Waals surface area contributed by atoms with Crippen LogP contribution in [0.25, 0.3) is 75.4 Å². The van der Waals surface area contributed by atoms with Crippen LogP contribution in [-0.2, 0) is 0 Å². The Kier molecular flexibility index (Phi) is 7.04. The van der Waals surface area contributed by atoms with Crippen molar-refractivity contribution in [2.45, 2.75) is 0 Å². The Balaban J connectivity index is 1.15. The van der Waals surface area contributed by atoms with E-state index >= 15 is 0 Å². The van der Waals surface area contributed by atoms with Gasteiger partial charge in [-0.15, -0.1) is 11.3 Å². The maximum absolute atomic E-state index is 3.75. The van der Waals surface area contributed by atoms with E-state index in [0.717, 1.165) is 22.6 Å². The van der Waals surface area contributed by atoms with Crippen LogP contribution in [0, 0.1) is 0 Å². The number of hydrogen-bond acceptors (Lipinski definition) is 2. The van der Waals surface area contributed by atoms with E-state index in [2.05, 4.69) is 198 Å². The fraction of sp³-hybridized carbons (Fsp3) is 0. The third kappa shape index (κ3) is 5.10. The SMILES string of the molecule is c1ccc(-c2ccc(N(c3ccc(-c4ccccc4)cc3)c3ccc4sc5cccc(-c6cccc7c6[nH]c6ccccc67)c5c4c3)cc2)cc1. The lowest BCUT2D eigenvalue weighted by Crippen LogP contribution is -2.09. The van der Waals surface area contributed by atoms with Crippen molar-refractivity contribution in [1.29, 1.82) is 0 Å². The Labute approximate surface area is 300 Å². The van der Waals surface area contributed by atoms with Gasteiger partial charge in [-0.1, -0.05) is 133 Å². The van der Waals surface area contributed by atoms with Gasteiger partial charge in [-0.3, -0.25) is 0 Å². The highest BCUT2D eigenvalue weighted by Crippen LogP contribution is 2.45. The minimum absolute atomic E-state index is 1.11. The lowest BCUT2D eigenvalue weighted by atomic mass is 9.97. The Morgan fingerprint density at radius 2 is 0.922 bits per heavy atom. The number of nitrogens with one attached hydrogen (secondary N) is 1. The van der Waals surface area contributed by atoms with E-state index in [1.165, 1.54) is 69.8 Å². The monoisotopic (exact) mass is 668 g/mol. The average Bonchev–Trinajstić information content (AvgIpc) is 3.78. The molecule has 0 fully saturated rings. The lowest BCUT2D eigenvalue weighted by molar-refractivity contribution is 1.29. The first-order valence-electron chi connectivity index (χ1n) is 17.3. The van der Waals surface area contributed by atoms with Gasteiger partial charge in [-0.05, 0) is 82.4 Å². The maximum Gasteiger partial charge on any atom is 0.0544 e. The van der Waals surface area contributed by atoms with Gasteiger partial charge in [-0.2, -0.15) is 0 Å². The summed E-state index contributed by atoms with van der Waals surface area (Å²) >= 11 is 1.86. The summed E-state index contributed by atoms with van der Waals surface area (Å²) in [6.07, 6.45) is 0. The van der Waals surface area contributed by atoms with Crippen molar-refractivity contribution in [2.75, 3.05) is 4.90 Å². The van der Waals surface area contributed by atoms with E-state index in [4.69, 9.17) is 0 Å². The molecule has 51 heavy (non-hydrogen) atoms. The highest BCUT2D eigenvalue weighted by atomic mass is 32.1. The smallest absolute Gasteiger partial charge is 0.0544 e. The second kappa shape index (κ2) is 12.2. The first-order valence-corrected chi connectivity index (χ1v) is 18.2. The first-order chi connectivity index (χ1) is 25.3. The van der Waals surface area contributed by atoms with Gasteiger partial charge in [0, 0.05) is 59.1 Å². The zero-order valence-electron chi connectivity index (χ0n) is 27.8. The molecule has 1 N–H and O–H groups in total. The van der Waals surface area contributed by atoms with E-state index in [9.17, 15) is 0 Å². The molecular formula is C48H32N2S. The predicted molar refractivity (Wildman–Crippen MR) is 220 cm³/mol. The highest BCUT2D eigenvalue weighted by molar-refractivity contribution is 7.26. The quantitative estimate of drug-likeness (QED) is 0.187. The summed E-state index contributed by atoms with van der Waals surface area (Å²) in [7, 11) is 0. The van der Waals surface area contributed by atoms with Crippen molar-refractivity contribution in [1.82, 2.24) is 4.98 Å². The summed E-state index contributed by atoms with van der Waals surface area (Å²) in [6, 6.07) is 68.0. The molecule has 0 atom stereocenters. The molecule has 0 saturated heterocycles. The number of H-pyrrole nitrogens is 1. The van der Waals surface area contributed by atoms with Crippen LogP contribution in [0.15, 0.2) is 188 Å². The molecule has 0 unspecified atom stereocenters. The molecule has 0 bridgehead atoms. The van der Waals surface area contributed by atoms with E-state index < -0.39 is 0 Å². The van der Waals surface area contributed by atoms with Crippen LogP contribution in [0.5, 0.6) is 0 Å². The Hall–Kier alpha value is -6.42. The zero-order chi connectivity index (χ0) is 33.7. The van der Waals surface area contributed by atoms with Gasteiger partial charge in [0.1, 0.15) is 0 Å². The summed E-state index contributed by atoms with van der Waals surface area (Å²) in [6.45, 7) is 0. The summed E-state index contributed by atoms with van der Waals surface area (Å²) < 4.78 is 2.57. The molecule has 0 aliphatic rings. The Bertz CT molecular complexity index is 2750. The number of para-hydroxylation sites is 2.